The first-order chi connectivity index (χ1) is 6.25. The highest BCUT2D eigenvalue weighted by Crippen LogP contribution is 1.96. The van der Waals surface area contributed by atoms with Crippen LogP contribution in [-0.4, -0.2) is 27.6 Å². The average molecular weight is 175 g/mol. The van der Waals surface area contributed by atoms with Gasteiger partial charge in [0.1, 0.15) is 0 Å². The highest BCUT2D eigenvalue weighted by atomic mass is 16.2. The van der Waals surface area contributed by atoms with Crippen molar-refractivity contribution in [1.29, 1.82) is 0 Å². The number of carbonyl (C=O) groups is 2. The van der Waals surface area contributed by atoms with Gasteiger partial charge >= 0.3 is 12.0 Å². The SMILES string of the molecule is [N-]=[N+]=CC(=O)C(=O)c1cccnc1. The third kappa shape index (κ3) is 2.15. The minimum Gasteiger partial charge on any atom is -0.361 e. The van der Waals surface area contributed by atoms with Crippen LogP contribution in [0, 0.1) is 0 Å². The van der Waals surface area contributed by atoms with Crippen molar-refractivity contribution in [3.05, 3.63) is 35.6 Å². The summed E-state index contributed by atoms with van der Waals surface area (Å²) in [5.41, 5.74) is 8.19. The van der Waals surface area contributed by atoms with Crippen molar-refractivity contribution < 1.29 is 14.4 Å². The molecule has 0 aliphatic carbocycles. The summed E-state index contributed by atoms with van der Waals surface area (Å²) in [6.45, 7) is 0. The van der Waals surface area contributed by atoms with E-state index in [1.165, 1.54) is 24.5 Å². The molecule has 0 bridgehead atoms. The van der Waals surface area contributed by atoms with Crippen molar-refractivity contribution in [2.45, 2.75) is 0 Å². The fraction of sp³-hybridized carbons (Fsp3) is 0. The van der Waals surface area contributed by atoms with Gasteiger partial charge in [0, 0.05) is 18.0 Å². The number of Topliss-reactive ketones (excluding diaryl/α,β-unsaturated/α-hetero) is 2. The van der Waals surface area contributed by atoms with Gasteiger partial charge in [-0.05, 0) is 12.1 Å². The van der Waals surface area contributed by atoms with Crippen molar-refractivity contribution in [2.24, 2.45) is 0 Å². The highest BCUT2D eigenvalue weighted by molar-refractivity contribution is 6.61. The van der Waals surface area contributed by atoms with Gasteiger partial charge in [-0.15, -0.1) is 0 Å². The van der Waals surface area contributed by atoms with Gasteiger partial charge in [-0.3, -0.25) is 14.6 Å². The minimum absolute atomic E-state index is 0.174. The Morgan fingerprint density at radius 2 is 2.31 bits per heavy atom. The number of carbonyl (C=O) groups excluding carboxylic acids is 2. The number of hydrogen-bond acceptors (Lipinski definition) is 3. The molecule has 1 aromatic heterocycles. The van der Waals surface area contributed by atoms with Crippen molar-refractivity contribution >= 4 is 17.8 Å². The lowest BCUT2D eigenvalue weighted by Gasteiger charge is -1.90. The summed E-state index contributed by atoms with van der Waals surface area (Å²) in [6, 6.07) is 3.00. The quantitative estimate of drug-likeness (QED) is 0.215. The second kappa shape index (κ2) is 4.04. The first-order valence-corrected chi connectivity index (χ1v) is 3.42. The Labute approximate surface area is 73.7 Å². The molecule has 0 radical (unpaired) electrons. The number of ketones is 2. The molecule has 1 rings (SSSR count). The second-order valence-corrected chi connectivity index (χ2v) is 2.18. The predicted octanol–water partition coefficient (Wildman–Crippen LogP) is 0.134. The first-order valence-electron chi connectivity index (χ1n) is 3.42. The third-order valence-corrected chi connectivity index (χ3v) is 1.32. The molecule has 0 amide bonds. The third-order valence-electron chi connectivity index (χ3n) is 1.32. The minimum atomic E-state index is -0.879. The summed E-state index contributed by atoms with van der Waals surface area (Å²) in [6.07, 6.45) is 3.31. The summed E-state index contributed by atoms with van der Waals surface area (Å²) >= 11 is 0. The van der Waals surface area contributed by atoms with E-state index in [1.807, 2.05) is 0 Å². The molecule has 0 N–H and O–H groups in total. The maximum absolute atomic E-state index is 11.1. The Bertz CT molecular complexity index is 380. The summed E-state index contributed by atoms with van der Waals surface area (Å²) in [5.74, 6) is -1.62. The Morgan fingerprint density at radius 1 is 1.54 bits per heavy atom. The molecule has 5 nitrogen and oxygen atoms in total. The Balaban J connectivity index is 2.92. The van der Waals surface area contributed by atoms with E-state index in [2.05, 4.69) is 9.77 Å². The van der Waals surface area contributed by atoms with E-state index in [0.717, 1.165) is 0 Å². The van der Waals surface area contributed by atoms with Crippen molar-refractivity contribution in [2.75, 3.05) is 0 Å². The van der Waals surface area contributed by atoms with Gasteiger partial charge in [0.05, 0.1) is 0 Å². The molecule has 1 heterocycles. The molecule has 64 valence electrons. The maximum Gasteiger partial charge on any atom is 0.331 e. The largest absolute Gasteiger partial charge is 0.361 e. The van der Waals surface area contributed by atoms with E-state index in [0.29, 0.717) is 6.21 Å². The fourth-order valence-corrected chi connectivity index (χ4v) is 0.750. The van der Waals surface area contributed by atoms with E-state index < -0.39 is 11.6 Å². The molecule has 0 aromatic carbocycles. The number of rotatable bonds is 3. The van der Waals surface area contributed by atoms with E-state index >= 15 is 0 Å². The zero-order valence-electron chi connectivity index (χ0n) is 6.54. The van der Waals surface area contributed by atoms with Crippen LogP contribution in [0.3, 0.4) is 0 Å². The van der Waals surface area contributed by atoms with Gasteiger partial charge in [0.2, 0.25) is 5.78 Å². The fourth-order valence-electron chi connectivity index (χ4n) is 0.750. The van der Waals surface area contributed by atoms with Gasteiger partial charge in [-0.1, -0.05) is 0 Å². The van der Waals surface area contributed by atoms with Crippen LogP contribution in [0.4, 0.5) is 0 Å². The van der Waals surface area contributed by atoms with Gasteiger partial charge in [-0.25, -0.2) is 0 Å². The van der Waals surface area contributed by atoms with Crippen molar-refractivity contribution in [3.8, 4) is 0 Å². The zero-order valence-corrected chi connectivity index (χ0v) is 6.54. The average Bonchev–Trinajstić information content (AvgIpc) is 2.18. The van der Waals surface area contributed by atoms with E-state index in [1.54, 1.807) is 0 Å². The Morgan fingerprint density at radius 3 is 2.85 bits per heavy atom. The molecule has 13 heavy (non-hydrogen) atoms. The van der Waals surface area contributed by atoms with Gasteiger partial charge < -0.3 is 5.53 Å². The number of aromatic nitrogens is 1. The van der Waals surface area contributed by atoms with E-state index in [4.69, 9.17) is 5.53 Å². The molecular formula is C8H5N3O2. The molecule has 0 atom stereocenters. The number of nitrogens with zero attached hydrogens (tertiary/aromatic N) is 3. The molecule has 0 aliphatic rings. The van der Waals surface area contributed by atoms with E-state index in [-0.39, 0.29) is 5.56 Å². The summed E-state index contributed by atoms with van der Waals surface area (Å²) in [4.78, 5) is 28.1. The van der Waals surface area contributed by atoms with Gasteiger partial charge in [-0.2, -0.15) is 4.79 Å². The lowest BCUT2D eigenvalue weighted by atomic mass is 10.1. The summed E-state index contributed by atoms with van der Waals surface area (Å²) in [7, 11) is 0. The molecule has 5 heteroatoms. The van der Waals surface area contributed by atoms with Crippen LogP contribution in [0.15, 0.2) is 24.5 Å². The van der Waals surface area contributed by atoms with Crippen LogP contribution < -0.4 is 0 Å². The standard InChI is InChI=1S/C8H5N3O2/c9-11-5-7(12)8(13)6-2-1-3-10-4-6/h1-5H. The molecule has 1 aromatic rings. The highest BCUT2D eigenvalue weighted by Gasteiger charge is 2.17. The van der Waals surface area contributed by atoms with Crippen LogP contribution in [-0.2, 0) is 4.79 Å². The van der Waals surface area contributed by atoms with E-state index in [9.17, 15) is 9.59 Å². The molecule has 0 unspecified atom stereocenters. The lowest BCUT2D eigenvalue weighted by Crippen LogP contribution is -2.15. The summed E-state index contributed by atoms with van der Waals surface area (Å²) in [5, 5.41) is 0. The number of pyridine rings is 1. The van der Waals surface area contributed by atoms with Crippen LogP contribution >= 0.6 is 0 Å². The molecule has 0 saturated carbocycles. The van der Waals surface area contributed by atoms with Crippen LogP contribution in [0.25, 0.3) is 5.53 Å². The second-order valence-electron chi connectivity index (χ2n) is 2.18. The van der Waals surface area contributed by atoms with Crippen molar-refractivity contribution in [1.82, 2.24) is 4.98 Å². The van der Waals surface area contributed by atoms with Crippen molar-refractivity contribution in [3.63, 3.8) is 0 Å². The van der Waals surface area contributed by atoms with Crippen LogP contribution in [0.1, 0.15) is 10.4 Å². The topological polar surface area (TPSA) is 83.4 Å². The van der Waals surface area contributed by atoms with Gasteiger partial charge in [0.15, 0.2) is 0 Å². The predicted molar refractivity (Wildman–Crippen MR) is 43.3 cm³/mol. The lowest BCUT2D eigenvalue weighted by molar-refractivity contribution is -0.112. The molecule has 0 fully saturated rings. The number of hydrogen-bond donors (Lipinski definition) is 0. The zero-order chi connectivity index (χ0) is 9.68. The monoisotopic (exact) mass is 175 g/mol. The molecular weight excluding hydrogens is 170 g/mol. The first kappa shape index (κ1) is 8.96. The van der Waals surface area contributed by atoms with Crippen LogP contribution in [0.5, 0.6) is 0 Å². The summed E-state index contributed by atoms with van der Waals surface area (Å²) < 4.78 is 0. The molecule has 0 spiro atoms. The normalized spacial score (nSPS) is 8.62. The molecule has 0 aliphatic heterocycles. The Kier molecular flexibility index (Phi) is 2.78. The van der Waals surface area contributed by atoms with Crippen LogP contribution in [0.2, 0.25) is 0 Å². The maximum atomic E-state index is 11.1. The Hall–Kier alpha value is -2.13. The smallest absolute Gasteiger partial charge is 0.331 e. The van der Waals surface area contributed by atoms with Gasteiger partial charge in [0.25, 0.3) is 0 Å². The molecule has 0 saturated heterocycles.